The fourth-order valence-electron chi connectivity index (χ4n) is 5.59. The van der Waals surface area contributed by atoms with E-state index in [0.29, 0.717) is 12.8 Å². The van der Waals surface area contributed by atoms with Crippen molar-refractivity contribution in [3.05, 3.63) is 108 Å². The van der Waals surface area contributed by atoms with Crippen molar-refractivity contribution in [3.8, 4) is 0 Å². The molecular weight excluding hydrogens is 620 g/mol. The summed E-state index contributed by atoms with van der Waals surface area (Å²) in [5.41, 5.74) is 7.51. The van der Waals surface area contributed by atoms with E-state index >= 15 is 0 Å². The number of alkyl carbamates (subject to hydrolysis) is 1. The first-order valence-corrected chi connectivity index (χ1v) is 16.9. The van der Waals surface area contributed by atoms with Crippen molar-refractivity contribution >= 4 is 23.8 Å². The van der Waals surface area contributed by atoms with E-state index < -0.39 is 59.6 Å². The Morgan fingerprint density at radius 1 is 0.673 bits per heavy atom. The maximum Gasteiger partial charge on any atom is 0.407 e. The average molecular weight is 673 g/mol. The van der Waals surface area contributed by atoms with E-state index in [1.807, 2.05) is 105 Å². The zero-order valence-corrected chi connectivity index (χ0v) is 29.2. The van der Waals surface area contributed by atoms with Gasteiger partial charge in [0.1, 0.15) is 17.7 Å². The van der Waals surface area contributed by atoms with E-state index in [9.17, 15) is 24.3 Å². The van der Waals surface area contributed by atoms with Gasteiger partial charge in [0.15, 0.2) is 0 Å². The summed E-state index contributed by atoms with van der Waals surface area (Å²) in [5.74, 6) is -2.37. The summed E-state index contributed by atoms with van der Waals surface area (Å²) in [7, 11) is 0. The quantitative estimate of drug-likeness (QED) is 0.142. The number of rotatable bonds is 17. The lowest BCUT2D eigenvalue weighted by atomic mass is 9.88. The number of carbonyl (C=O) groups excluding carboxylic acids is 4. The third-order valence-corrected chi connectivity index (χ3v) is 7.97. The fraction of sp³-hybridized carbons (Fsp3) is 0.436. The van der Waals surface area contributed by atoms with Crippen LogP contribution in [0.25, 0.3) is 0 Å². The number of nitrogens with two attached hydrogens (primary N) is 1. The smallest absolute Gasteiger partial charge is 0.407 e. The van der Waals surface area contributed by atoms with E-state index in [2.05, 4.69) is 16.0 Å². The maximum absolute atomic E-state index is 14.1. The molecule has 0 aliphatic rings. The second-order valence-corrected chi connectivity index (χ2v) is 14.0. The molecular formula is C39H52N4O6. The van der Waals surface area contributed by atoms with Crippen molar-refractivity contribution in [1.29, 1.82) is 0 Å². The van der Waals surface area contributed by atoms with Gasteiger partial charge < -0.3 is 31.5 Å². The van der Waals surface area contributed by atoms with E-state index in [4.69, 9.17) is 10.5 Å². The van der Waals surface area contributed by atoms with E-state index in [-0.39, 0.29) is 25.2 Å². The predicted octanol–water partition coefficient (Wildman–Crippen LogP) is 4.48. The molecule has 0 fully saturated rings. The van der Waals surface area contributed by atoms with Gasteiger partial charge in [0, 0.05) is 12.3 Å². The Balaban J connectivity index is 1.85. The highest BCUT2D eigenvalue weighted by Gasteiger charge is 2.33. The molecule has 0 unspecified atom stereocenters. The molecule has 0 radical (unpaired) electrons. The summed E-state index contributed by atoms with van der Waals surface area (Å²) in [6.07, 6.45) is -0.731. The highest BCUT2D eigenvalue weighted by Crippen LogP contribution is 2.20. The van der Waals surface area contributed by atoms with Gasteiger partial charge in [-0.05, 0) is 69.1 Å². The van der Waals surface area contributed by atoms with Crippen molar-refractivity contribution in [3.63, 3.8) is 0 Å². The van der Waals surface area contributed by atoms with Crippen LogP contribution in [0.5, 0.6) is 0 Å². The zero-order valence-electron chi connectivity index (χ0n) is 29.2. The molecule has 3 aromatic rings. The van der Waals surface area contributed by atoms with Gasteiger partial charge in [-0.1, -0.05) is 105 Å². The van der Waals surface area contributed by atoms with Crippen molar-refractivity contribution in [1.82, 2.24) is 16.0 Å². The first kappa shape index (κ1) is 38.7. The Morgan fingerprint density at radius 3 is 1.61 bits per heavy atom. The van der Waals surface area contributed by atoms with Crippen LogP contribution in [0.3, 0.4) is 0 Å². The van der Waals surface area contributed by atoms with Crippen LogP contribution in [0, 0.1) is 11.8 Å². The van der Waals surface area contributed by atoms with Crippen molar-refractivity contribution in [2.45, 2.75) is 96.6 Å². The fourth-order valence-corrected chi connectivity index (χ4v) is 5.59. The molecule has 3 rings (SSSR count). The number of benzene rings is 3. The summed E-state index contributed by atoms with van der Waals surface area (Å²) in [6.45, 7) is 9.14. The molecule has 0 aromatic heterocycles. The lowest BCUT2D eigenvalue weighted by molar-refractivity contribution is -0.133. The molecule has 3 aromatic carbocycles. The minimum absolute atomic E-state index is 0.0119. The van der Waals surface area contributed by atoms with Crippen LogP contribution >= 0.6 is 0 Å². The Hall–Kier alpha value is -4.70. The molecule has 0 heterocycles. The minimum atomic E-state index is -1.14. The highest BCUT2D eigenvalue weighted by molar-refractivity contribution is 5.92. The molecule has 0 saturated carbocycles. The van der Waals surface area contributed by atoms with Gasteiger partial charge in [-0.25, -0.2) is 4.79 Å². The number of nitrogens with one attached hydrogen (secondary N) is 3. The third kappa shape index (κ3) is 14.1. The summed E-state index contributed by atoms with van der Waals surface area (Å²) < 4.78 is 5.49. The lowest BCUT2D eigenvalue weighted by Gasteiger charge is -2.30. The Morgan fingerprint density at radius 2 is 1.14 bits per heavy atom. The minimum Gasteiger partial charge on any atom is -0.444 e. The van der Waals surface area contributed by atoms with Gasteiger partial charge in [0.2, 0.25) is 17.7 Å². The van der Waals surface area contributed by atoms with Crippen LogP contribution in [0.15, 0.2) is 91.0 Å². The third-order valence-electron chi connectivity index (χ3n) is 7.97. The second-order valence-electron chi connectivity index (χ2n) is 14.0. The van der Waals surface area contributed by atoms with Crippen LogP contribution in [0.4, 0.5) is 4.79 Å². The first-order valence-electron chi connectivity index (χ1n) is 16.9. The van der Waals surface area contributed by atoms with E-state index in [1.165, 1.54) is 0 Å². The van der Waals surface area contributed by atoms with E-state index in [0.717, 1.165) is 16.7 Å². The van der Waals surface area contributed by atoms with Gasteiger partial charge in [0.05, 0.1) is 12.1 Å². The number of primary amides is 1. The van der Waals surface area contributed by atoms with Crippen LogP contribution in [0.2, 0.25) is 0 Å². The normalized spacial score (nSPS) is 14.5. The monoisotopic (exact) mass is 672 g/mol. The number of ether oxygens (including phenoxy) is 1. The van der Waals surface area contributed by atoms with E-state index in [1.54, 1.807) is 20.8 Å². The Bertz CT molecular complexity index is 1480. The summed E-state index contributed by atoms with van der Waals surface area (Å²) in [5, 5.41) is 20.1. The largest absolute Gasteiger partial charge is 0.444 e. The molecule has 0 spiro atoms. The number of aliphatic hydroxyl groups excluding tert-OH is 1. The summed E-state index contributed by atoms with van der Waals surface area (Å²) in [4.78, 5) is 52.9. The number of carbonyl (C=O) groups is 4. The second kappa shape index (κ2) is 18.7. The number of hydrogen-bond donors (Lipinski definition) is 5. The number of aliphatic hydroxyl groups is 1. The standard InChI is InChI=1S/C39H52N4O6/c1-26(2)21-33(37(47)41-32(35(40)45)24-29-19-13-8-14-20-29)42-36(46)30(22-27-15-9-6-10-16-27)25-34(44)31(23-28-17-11-7-12-18-28)43-38(48)49-39(3,4)5/h6-20,26,30-34,44H,21-25H2,1-5H3,(H2,40,45)(H,41,47)(H,42,46)(H,43,48)/t30-,31-,32-,33+,34+/m1/s1. The topological polar surface area (TPSA) is 160 Å². The molecule has 10 heteroatoms. The van der Waals surface area contributed by atoms with Crippen LogP contribution in [-0.4, -0.2) is 58.8 Å². The number of amides is 4. The summed E-state index contributed by atoms with van der Waals surface area (Å²) in [6, 6.07) is 25.4. The number of hydrogen-bond acceptors (Lipinski definition) is 6. The van der Waals surface area contributed by atoms with Crippen LogP contribution in [-0.2, 0) is 38.4 Å². The first-order chi connectivity index (χ1) is 23.2. The highest BCUT2D eigenvalue weighted by atomic mass is 16.6. The molecule has 0 saturated heterocycles. The molecule has 0 aliphatic heterocycles. The van der Waals surface area contributed by atoms with Crippen molar-refractivity contribution < 1.29 is 29.0 Å². The molecule has 264 valence electrons. The SMILES string of the molecule is CC(C)C[C@H](NC(=O)[C@H](Cc1ccccc1)C[C@H](O)[C@@H](Cc1ccccc1)NC(=O)OC(C)(C)C)C(=O)N[C@H](Cc1ccccc1)C(N)=O. The van der Waals surface area contributed by atoms with Crippen molar-refractivity contribution in [2.75, 3.05) is 0 Å². The van der Waals surface area contributed by atoms with Gasteiger partial charge in [-0.15, -0.1) is 0 Å². The molecule has 5 atom stereocenters. The molecule has 6 N–H and O–H groups in total. The maximum atomic E-state index is 14.1. The molecule has 10 nitrogen and oxygen atoms in total. The van der Waals surface area contributed by atoms with Gasteiger partial charge in [0.25, 0.3) is 0 Å². The van der Waals surface area contributed by atoms with Gasteiger partial charge in [-0.2, -0.15) is 0 Å². The Kier molecular flexibility index (Phi) is 14.8. The molecule has 4 amide bonds. The van der Waals surface area contributed by atoms with Gasteiger partial charge in [-0.3, -0.25) is 14.4 Å². The molecule has 0 bridgehead atoms. The summed E-state index contributed by atoms with van der Waals surface area (Å²) >= 11 is 0. The van der Waals surface area contributed by atoms with Crippen molar-refractivity contribution in [2.24, 2.45) is 17.6 Å². The Labute approximate surface area is 290 Å². The van der Waals surface area contributed by atoms with Crippen LogP contribution < -0.4 is 21.7 Å². The van der Waals surface area contributed by atoms with Crippen LogP contribution in [0.1, 0.15) is 64.2 Å². The lowest BCUT2D eigenvalue weighted by Crippen LogP contribution is -2.55. The zero-order chi connectivity index (χ0) is 36.0. The van der Waals surface area contributed by atoms with Gasteiger partial charge >= 0.3 is 6.09 Å². The molecule has 0 aliphatic carbocycles. The molecule has 49 heavy (non-hydrogen) atoms. The average Bonchev–Trinajstić information content (AvgIpc) is 3.03. The predicted molar refractivity (Wildman–Crippen MR) is 190 cm³/mol.